The summed E-state index contributed by atoms with van der Waals surface area (Å²) in [6.07, 6.45) is 10.2. The molecule has 1 N–H and O–H groups in total. The van der Waals surface area contributed by atoms with Crippen LogP contribution in [0, 0.1) is 17.2 Å². The number of hydrogen-bond donors (Lipinski definition) is 1. The van der Waals surface area contributed by atoms with Crippen molar-refractivity contribution in [2.75, 3.05) is 26.7 Å². The molecule has 0 unspecified atom stereocenters. The number of hydrogen-bond acceptors (Lipinski definition) is 3. The van der Waals surface area contributed by atoms with Crippen molar-refractivity contribution in [1.82, 2.24) is 10.2 Å². The van der Waals surface area contributed by atoms with E-state index in [1.807, 2.05) is 7.05 Å². The summed E-state index contributed by atoms with van der Waals surface area (Å²) in [7, 11) is 1.95. The van der Waals surface area contributed by atoms with Crippen LogP contribution in [0.4, 0.5) is 0 Å². The third-order valence-electron chi connectivity index (χ3n) is 5.46. The molecular formula is C20H33N3. The van der Waals surface area contributed by atoms with Gasteiger partial charge in [-0.15, -0.1) is 0 Å². The van der Waals surface area contributed by atoms with Crippen molar-refractivity contribution in [3.8, 4) is 6.07 Å². The highest BCUT2D eigenvalue weighted by Crippen LogP contribution is 2.29. The summed E-state index contributed by atoms with van der Waals surface area (Å²) in [5.74, 6) is 0.873. The molecule has 0 atom stereocenters. The Morgan fingerprint density at radius 2 is 2.04 bits per heavy atom. The molecule has 0 aromatic rings. The van der Waals surface area contributed by atoms with E-state index in [4.69, 9.17) is 0 Å². The van der Waals surface area contributed by atoms with Crippen molar-refractivity contribution in [3.05, 3.63) is 22.4 Å². The zero-order chi connectivity index (χ0) is 16.7. The molecular weight excluding hydrogens is 282 g/mol. The van der Waals surface area contributed by atoms with Crippen LogP contribution in [0.1, 0.15) is 65.2 Å². The van der Waals surface area contributed by atoms with E-state index in [-0.39, 0.29) is 0 Å². The Balaban J connectivity index is 2.11. The molecule has 0 spiro atoms. The monoisotopic (exact) mass is 315 g/mol. The first-order chi connectivity index (χ1) is 11.2. The van der Waals surface area contributed by atoms with E-state index in [0.717, 1.165) is 49.5 Å². The Labute approximate surface area is 142 Å². The fourth-order valence-electron chi connectivity index (χ4n) is 4.04. The molecule has 2 aliphatic rings. The molecule has 3 heteroatoms. The number of nitrogens with one attached hydrogen (secondary N) is 1. The first-order valence-corrected chi connectivity index (χ1v) is 9.41. The minimum atomic E-state index is 0.873. The maximum absolute atomic E-state index is 9.73. The van der Waals surface area contributed by atoms with Gasteiger partial charge in [-0.3, -0.25) is 4.90 Å². The minimum absolute atomic E-state index is 0.873. The summed E-state index contributed by atoms with van der Waals surface area (Å²) in [5.41, 5.74) is 4.71. The normalized spacial score (nSPS) is 21.8. The number of allylic oxidation sites excluding steroid dienone is 1. The lowest BCUT2D eigenvalue weighted by atomic mass is 9.87. The molecule has 2 rings (SSSR count). The second kappa shape index (κ2) is 9.13. The fourth-order valence-corrected chi connectivity index (χ4v) is 4.04. The molecule has 0 radical (unpaired) electrons. The van der Waals surface area contributed by atoms with Crippen molar-refractivity contribution in [3.63, 3.8) is 0 Å². The zero-order valence-electron chi connectivity index (χ0n) is 15.2. The number of nitrogens with zero attached hydrogens (tertiary/aromatic N) is 2. The van der Waals surface area contributed by atoms with Gasteiger partial charge in [0.2, 0.25) is 0 Å². The molecule has 1 aliphatic heterocycles. The third kappa shape index (κ3) is 4.85. The van der Waals surface area contributed by atoms with Gasteiger partial charge in [0.1, 0.15) is 6.07 Å². The van der Waals surface area contributed by atoms with Crippen LogP contribution in [0.5, 0.6) is 0 Å². The van der Waals surface area contributed by atoms with Crippen molar-refractivity contribution < 1.29 is 0 Å². The molecule has 0 bridgehead atoms. The molecule has 3 nitrogen and oxygen atoms in total. The molecule has 0 amide bonds. The van der Waals surface area contributed by atoms with Gasteiger partial charge in [0.25, 0.3) is 0 Å². The van der Waals surface area contributed by atoms with Crippen LogP contribution in [0.15, 0.2) is 22.4 Å². The Kier molecular flexibility index (Phi) is 7.17. The van der Waals surface area contributed by atoms with E-state index in [0.29, 0.717) is 0 Å². The highest BCUT2D eigenvalue weighted by molar-refractivity contribution is 5.49. The van der Waals surface area contributed by atoms with Crippen molar-refractivity contribution in [1.29, 1.82) is 5.26 Å². The van der Waals surface area contributed by atoms with Crippen molar-refractivity contribution in [2.45, 2.75) is 65.2 Å². The second-order valence-electron chi connectivity index (χ2n) is 7.21. The van der Waals surface area contributed by atoms with Gasteiger partial charge in [-0.2, -0.15) is 5.26 Å². The molecule has 128 valence electrons. The number of rotatable bonds is 6. The second-order valence-corrected chi connectivity index (χ2v) is 7.21. The topological polar surface area (TPSA) is 39.1 Å². The van der Waals surface area contributed by atoms with Crippen molar-refractivity contribution in [2.24, 2.45) is 5.92 Å². The van der Waals surface area contributed by atoms with E-state index >= 15 is 0 Å². The van der Waals surface area contributed by atoms with Crippen molar-refractivity contribution >= 4 is 0 Å². The van der Waals surface area contributed by atoms with Crippen LogP contribution < -0.4 is 5.32 Å². The predicted molar refractivity (Wildman–Crippen MR) is 96.9 cm³/mol. The summed E-state index contributed by atoms with van der Waals surface area (Å²) in [6.45, 7) is 7.72. The lowest BCUT2D eigenvalue weighted by Crippen LogP contribution is -2.36. The average Bonchev–Trinajstić information content (AvgIpc) is 2.58. The molecule has 1 aliphatic carbocycles. The highest BCUT2D eigenvalue weighted by atomic mass is 15.1. The maximum atomic E-state index is 9.73. The molecule has 1 saturated carbocycles. The SMILES string of the molecule is CCC/C(NC)=C(/C#N)C1=C(C)CCN(CC2CCCCC2)C1. The first kappa shape index (κ1) is 18.1. The van der Waals surface area contributed by atoms with Gasteiger partial charge in [-0.05, 0) is 44.1 Å². The fraction of sp³-hybridized carbons (Fsp3) is 0.750. The summed E-state index contributed by atoms with van der Waals surface area (Å²) >= 11 is 0. The molecule has 0 aromatic carbocycles. The van der Waals surface area contributed by atoms with E-state index in [9.17, 15) is 5.26 Å². The van der Waals surface area contributed by atoms with Gasteiger partial charge >= 0.3 is 0 Å². The van der Waals surface area contributed by atoms with E-state index in [2.05, 4.69) is 30.1 Å². The molecule has 0 saturated heterocycles. The van der Waals surface area contributed by atoms with Crippen LogP contribution in [0.3, 0.4) is 0 Å². The smallest absolute Gasteiger partial charge is 0.101 e. The van der Waals surface area contributed by atoms with Crippen LogP contribution in [-0.2, 0) is 0 Å². The van der Waals surface area contributed by atoms with Gasteiger partial charge < -0.3 is 5.32 Å². The van der Waals surface area contributed by atoms with Crippen LogP contribution in [-0.4, -0.2) is 31.6 Å². The van der Waals surface area contributed by atoms with Gasteiger partial charge in [0, 0.05) is 32.4 Å². The Morgan fingerprint density at radius 3 is 2.65 bits per heavy atom. The Bertz CT molecular complexity index is 490. The van der Waals surface area contributed by atoms with E-state index < -0.39 is 0 Å². The highest BCUT2D eigenvalue weighted by Gasteiger charge is 2.24. The summed E-state index contributed by atoms with van der Waals surface area (Å²) in [6, 6.07) is 2.49. The predicted octanol–water partition coefficient (Wildman–Crippen LogP) is 4.39. The van der Waals surface area contributed by atoms with E-state index in [1.54, 1.807) is 0 Å². The van der Waals surface area contributed by atoms with Gasteiger partial charge in [-0.1, -0.05) is 38.2 Å². The third-order valence-corrected chi connectivity index (χ3v) is 5.46. The quantitative estimate of drug-likeness (QED) is 0.739. The summed E-state index contributed by atoms with van der Waals surface area (Å²) in [5, 5.41) is 13.0. The summed E-state index contributed by atoms with van der Waals surface area (Å²) in [4.78, 5) is 2.59. The first-order valence-electron chi connectivity index (χ1n) is 9.41. The Hall–Kier alpha value is -1.27. The largest absolute Gasteiger partial charge is 0.390 e. The lowest BCUT2D eigenvalue weighted by molar-refractivity contribution is 0.208. The maximum Gasteiger partial charge on any atom is 0.101 e. The molecule has 1 fully saturated rings. The molecule has 1 heterocycles. The average molecular weight is 316 g/mol. The summed E-state index contributed by atoms with van der Waals surface area (Å²) < 4.78 is 0. The standard InChI is InChI=1S/C20H33N3/c1-4-8-20(22-3)18(13-21)19-15-23(12-11-16(19)2)14-17-9-6-5-7-10-17/h17,22H,4-12,14-15H2,1-3H3/b20-18+. The molecule has 23 heavy (non-hydrogen) atoms. The van der Waals surface area contributed by atoms with Gasteiger partial charge in [0.15, 0.2) is 0 Å². The van der Waals surface area contributed by atoms with Crippen LogP contribution in [0.25, 0.3) is 0 Å². The van der Waals surface area contributed by atoms with Gasteiger partial charge in [-0.25, -0.2) is 0 Å². The van der Waals surface area contributed by atoms with E-state index in [1.165, 1.54) is 49.8 Å². The molecule has 0 aromatic heterocycles. The lowest BCUT2D eigenvalue weighted by Gasteiger charge is -2.34. The van der Waals surface area contributed by atoms with Gasteiger partial charge in [0.05, 0.1) is 5.57 Å². The zero-order valence-corrected chi connectivity index (χ0v) is 15.2. The van der Waals surface area contributed by atoms with Crippen LogP contribution >= 0.6 is 0 Å². The number of nitriles is 1. The van der Waals surface area contributed by atoms with Crippen LogP contribution in [0.2, 0.25) is 0 Å². The minimum Gasteiger partial charge on any atom is -0.390 e. The Morgan fingerprint density at radius 1 is 1.30 bits per heavy atom.